The van der Waals surface area contributed by atoms with Crippen LogP contribution in [0.15, 0.2) is 0 Å². The van der Waals surface area contributed by atoms with Gasteiger partial charge in [0.2, 0.25) is 0 Å². The minimum absolute atomic E-state index is 0.323. The highest BCUT2D eigenvalue weighted by molar-refractivity contribution is 5.06. The number of piperidine rings is 3. The van der Waals surface area contributed by atoms with Gasteiger partial charge in [0.1, 0.15) is 0 Å². The molecule has 22 heterocycles. The van der Waals surface area contributed by atoms with Crippen molar-refractivity contribution >= 4 is 0 Å². The summed E-state index contributed by atoms with van der Waals surface area (Å²) in [6.45, 7) is 133. The van der Waals surface area contributed by atoms with E-state index in [0.29, 0.717) is 89.6 Å². The maximum atomic E-state index is 5.78. The molecular formula is C120H244N20O3. The van der Waals surface area contributed by atoms with E-state index >= 15 is 0 Å². The summed E-state index contributed by atoms with van der Waals surface area (Å²) in [6, 6.07) is 8.10. The van der Waals surface area contributed by atoms with Crippen LogP contribution >= 0.6 is 0 Å². The fraction of sp³-hybridized carbons (Fsp3) is 1.00. The van der Waals surface area contributed by atoms with Crippen molar-refractivity contribution in [2.24, 2.45) is 5.41 Å². The highest BCUT2D eigenvalue weighted by Crippen LogP contribution is 2.42. The summed E-state index contributed by atoms with van der Waals surface area (Å²) in [5.41, 5.74) is 5.41. The molecule has 0 aliphatic carbocycles. The van der Waals surface area contributed by atoms with Crippen LogP contribution in [0.25, 0.3) is 0 Å². The Balaban J connectivity index is 0.000000173. The van der Waals surface area contributed by atoms with Crippen LogP contribution < -0.4 is 26.6 Å². The van der Waals surface area contributed by atoms with Crippen molar-refractivity contribution in [3.8, 4) is 0 Å². The average molecular weight is 2020 g/mol. The van der Waals surface area contributed by atoms with Crippen molar-refractivity contribution in [2.45, 2.75) is 537 Å². The summed E-state index contributed by atoms with van der Waals surface area (Å²) >= 11 is 0. The Hall–Kier alpha value is -0.920. The number of nitrogens with one attached hydrogen (secondary N) is 5. The van der Waals surface area contributed by atoms with E-state index in [9.17, 15) is 0 Å². The highest BCUT2D eigenvalue weighted by atomic mass is 16.5. The number of nitrogens with zero attached hydrogens (tertiary/aromatic N) is 15. The van der Waals surface area contributed by atoms with E-state index in [-0.39, 0.29) is 0 Å². The van der Waals surface area contributed by atoms with Crippen LogP contribution in [0.5, 0.6) is 0 Å². The van der Waals surface area contributed by atoms with Crippen LogP contribution in [-0.4, -0.2) is 454 Å². The van der Waals surface area contributed by atoms with Gasteiger partial charge >= 0.3 is 0 Å². The zero-order chi connectivity index (χ0) is 106. The molecular weight excluding hydrogens is 1770 g/mol. The molecule has 842 valence electrons. The lowest BCUT2D eigenvalue weighted by Gasteiger charge is -2.59. The van der Waals surface area contributed by atoms with Gasteiger partial charge in [0.15, 0.2) is 0 Å². The largest absolute Gasteiger partial charge is 0.380 e. The number of morpholine rings is 2. The van der Waals surface area contributed by atoms with Crippen molar-refractivity contribution in [1.29, 1.82) is 0 Å². The number of rotatable bonds is 0. The van der Waals surface area contributed by atoms with Gasteiger partial charge in [-0.2, -0.15) is 0 Å². The van der Waals surface area contributed by atoms with Crippen molar-refractivity contribution in [3.63, 3.8) is 0 Å². The molecule has 143 heavy (non-hydrogen) atoms. The first kappa shape index (κ1) is 126. The summed E-state index contributed by atoms with van der Waals surface area (Å²) in [7, 11) is 0. The molecule has 0 aromatic carbocycles. The maximum absolute atomic E-state index is 5.78. The minimum atomic E-state index is 0.323. The van der Waals surface area contributed by atoms with Gasteiger partial charge in [-0.05, 0) is 438 Å². The molecule has 22 aliphatic rings. The number of piperazine rings is 7. The first-order chi connectivity index (χ1) is 66.0. The lowest BCUT2D eigenvalue weighted by molar-refractivity contribution is -0.207. The number of hydrogen-bond acceptors (Lipinski definition) is 23. The normalized spacial score (nSPS) is 31.2. The van der Waals surface area contributed by atoms with Gasteiger partial charge in [-0.1, -0.05) is 6.42 Å². The first-order valence-electron chi connectivity index (χ1n) is 59.8. The van der Waals surface area contributed by atoms with Crippen LogP contribution in [0.2, 0.25) is 0 Å². The van der Waals surface area contributed by atoms with Gasteiger partial charge in [-0.3, -0.25) is 73.5 Å². The molecule has 0 saturated carbocycles. The lowest BCUT2D eigenvalue weighted by Crippen LogP contribution is -2.69. The summed E-state index contributed by atoms with van der Waals surface area (Å²) in [6.07, 6.45) is 27.5. The third-order valence-corrected chi connectivity index (χ3v) is 35.5. The number of ether oxygens (including phenoxy) is 3. The Morgan fingerprint density at radius 3 is 0.881 bits per heavy atom. The van der Waals surface area contributed by atoms with Crippen LogP contribution in [0.3, 0.4) is 0 Å². The third-order valence-electron chi connectivity index (χ3n) is 35.5. The molecule has 0 radical (unpaired) electrons. The Labute approximate surface area is 887 Å². The second kappa shape index (κ2) is 53.7. The first-order valence-corrected chi connectivity index (χ1v) is 59.8. The van der Waals surface area contributed by atoms with Gasteiger partial charge in [0.25, 0.3) is 0 Å². The summed E-state index contributed by atoms with van der Waals surface area (Å²) in [5, 5.41) is 17.6. The van der Waals surface area contributed by atoms with Crippen molar-refractivity contribution in [2.75, 3.05) is 236 Å². The molecule has 22 saturated heterocycles. The summed E-state index contributed by atoms with van der Waals surface area (Å²) in [4.78, 5) is 38.9. The van der Waals surface area contributed by atoms with Crippen molar-refractivity contribution in [1.82, 2.24) is 100 Å². The van der Waals surface area contributed by atoms with E-state index in [1.54, 1.807) is 0 Å². The van der Waals surface area contributed by atoms with Gasteiger partial charge < -0.3 is 40.8 Å². The van der Waals surface area contributed by atoms with E-state index in [1.807, 2.05) is 0 Å². The Kier molecular flexibility index (Phi) is 47.1. The van der Waals surface area contributed by atoms with Crippen LogP contribution in [0.4, 0.5) is 0 Å². The molecule has 5 N–H and O–H groups in total. The summed E-state index contributed by atoms with van der Waals surface area (Å²) in [5.74, 6) is 0. The van der Waals surface area contributed by atoms with Crippen LogP contribution in [0, 0.1) is 5.41 Å². The predicted molar refractivity (Wildman–Crippen MR) is 614 cm³/mol. The quantitative estimate of drug-likeness (QED) is 0.157. The molecule has 1 spiro atoms. The zero-order valence-corrected chi connectivity index (χ0v) is 102. The van der Waals surface area contributed by atoms with Gasteiger partial charge in [0, 0.05) is 295 Å². The smallest absolute Gasteiger partial charge is 0.0707 e. The Bertz CT molecular complexity index is 3310. The predicted octanol–water partition coefficient (Wildman–Crippen LogP) is 17.8. The standard InChI is InChI=1S/2C11H22N2.3C10H20N2.C10H19NO.C9H18N2.C9H17NO.C9H19N.C8H18N2.C8H17NO.C8H17N.C7H15N/c2*1-11(2,3)13-8-7-12-6-4-5-10(12)9-13;1-10(2,3)12-7-8-4-5-9(12)6-11-8;1-10(2,3)12-6-8-4-5-9(7-12)11-8;1-10(2,3)12-8-4-5-9(12)7-11-6-8;1-10(2,3)11-6-8-4-5-9(7-11)12-8;1-9(2,3)11-6-7-4-8(11)5-10-7;1-8(2,3)10-4-9(5-10)6-11-7-9;1-9(2,3)10-7-5-4-6-8-10;1-8(2,3)10-6-4-9-5-7-10;1-8(2,3)9-4-6-10-7-5-9;1-8(2,3)9-6-4-5-7-9;1-7(2,3)8-5-4-6-8/h2*10H,4-9H2,1-3H3;3*8-9,11H,4-7H2,1-3H3;8-9H,4-7H2,1-3H3;7-8,10H,4-6H2,1-3H3;4-7H2,1-3H3;4-8H2,1-3H3;9H,4-7H2,1-3H3;4-7H2,1-3H3;4-7H2,1-3H3;4-6H2,1-3H3. The molecule has 0 aromatic rings. The van der Waals surface area contributed by atoms with Crippen molar-refractivity contribution in [3.05, 3.63) is 0 Å². The zero-order valence-electron chi connectivity index (χ0n) is 102. The molecule has 12 unspecified atom stereocenters. The number of hydrogen-bond donors (Lipinski definition) is 5. The fourth-order valence-electron chi connectivity index (χ4n) is 25.8. The van der Waals surface area contributed by atoms with Crippen molar-refractivity contribution < 1.29 is 14.2 Å². The van der Waals surface area contributed by atoms with E-state index in [2.05, 4.69) is 370 Å². The van der Waals surface area contributed by atoms with Gasteiger partial charge in [-0.25, -0.2) is 0 Å². The molecule has 22 aliphatic heterocycles. The molecule has 12 atom stereocenters. The monoisotopic (exact) mass is 2010 g/mol. The second-order valence-electron chi connectivity index (χ2n) is 60.5. The lowest BCUT2D eigenvalue weighted by atomic mass is 9.75. The number of likely N-dealkylation sites (tertiary alicyclic amines) is 7. The molecule has 23 nitrogen and oxygen atoms in total. The second-order valence-corrected chi connectivity index (χ2v) is 60.5. The van der Waals surface area contributed by atoms with E-state index in [4.69, 9.17) is 14.2 Å². The third kappa shape index (κ3) is 41.0. The fourth-order valence-corrected chi connectivity index (χ4v) is 25.8. The van der Waals surface area contributed by atoms with Gasteiger partial charge in [0.05, 0.1) is 38.6 Å². The molecule has 0 amide bonds. The van der Waals surface area contributed by atoms with E-state index in [1.165, 1.54) is 292 Å². The van der Waals surface area contributed by atoms with E-state index in [0.717, 1.165) is 126 Å². The average Bonchev–Trinajstić information content (AvgIpc) is 1.72. The molecule has 10 bridgehead atoms. The van der Waals surface area contributed by atoms with Crippen LogP contribution in [-0.2, 0) is 14.2 Å². The topological polar surface area (TPSA) is 136 Å². The highest BCUT2D eigenvalue weighted by Gasteiger charge is 2.52. The molecule has 0 aromatic heterocycles. The van der Waals surface area contributed by atoms with Crippen LogP contribution in [0.1, 0.15) is 392 Å². The molecule has 22 rings (SSSR count). The minimum Gasteiger partial charge on any atom is -0.380 e. The Morgan fingerprint density at radius 2 is 0.587 bits per heavy atom. The Morgan fingerprint density at radius 1 is 0.231 bits per heavy atom. The maximum Gasteiger partial charge on any atom is 0.0707 e. The molecule has 23 heteroatoms. The number of fused-ring (bicyclic) bond motifs is 13. The van der Waals surface area contributed by atoms with E-state index < -0.39 is 0 Å². The summed E-state index contributed by atoms with van der Waals surface area (Å²) < 4.78 is 16.2. The molecule has 22 fully saturated rings. The van der Waals surface area contributed by atoms with Gasteiger partial charge in [-0.15, -0.1) is 0 Å². The SMILES string of the molecule is CC(C)(C)N1C2CCC1CNC2.CC(C)(C)N1CC2(COC2)C1.CC(C)(C)N1CC2CC1CN2.CC(C)(C)N1CC2CCC(C1)N2.CC(C)(C)N1CC2CCC(C1)O2.CC(C)(C)N1CC2CCC1CN2.CC(C)(C)N1CCC1.CC(C)(C)N1CCCC1.CC(C)(C)N1CCCCC1.CC(C)(C)N1CCN2CCCC2C1.CC(C)(C)N1CCN2CCCC2C1.CC(C)(C)N1CCNCC1.CC(C)(C)N1CCOCC1.